The van der Waals surface area contributed by atoms with Crippen molar-refractivity contribution in [2.24, 2.45) is 0 Å². The molecule has 9 heteroatoms. The van der Waals surface area contributed by atoms with E-state index in [2.05, 4.69) is 67.1 Å². The molecule has 0 saturated heterocycles. The minimum atomic E-state index is -0.215. The second-order valence-corrected chi connectivity index (χ2v) is 10.2. The Morgan fingerprint density at radius 3 is 2.50 bits per heavy atom. The highest BCUT2D eigenvalue weighted by atomic mass is 35.5. The van der Waals surface area contributed by atoms with Gasteiger partial charge in [-0.05, 0) is 11.0 Å². The number of aromatic nitrogens is 3. The standard InChI is InChI=1S/C25H27ClN4O3S/c1-5-10-30-23(16-6-8-17(9-7-16)25(2,3)4)28-29-24(30)34-15-22(31)27-19-14-21-20(13-18(19)26)32-11-12-33-21/h5-9,13-14H,1,10-12,15H2,2-4H3,(H,27,31). The highest BCUT2D eigenvalue weighted by Gasteiger charge is 2.19. The number of ether oxygens (including phenoxy) is 2. The fourth-order valence-corrected chi connectivity index (χ4v) is 4.45. The lowest BCUT2D eigenvalue weighted by molar-refractivity contribution is -0.113. The topological polar surface area (TPSA) is 78.3 Å². The summed E-state index contributed by atoms with van der Waals surface area (Å²) in [6, 6.07) is 11.7. The first kappa shape index (κ1) is 24.2. The van der Waals surface area contributed by atoms with Gasteiger partial charge in [-0.1, -0.05) is 74.5 Å². The normalized spacial score (nSPS) is 12.9. The Balaban J connectivity index is 1.46. The molecule has 1 amide bonds. The van der Waals surface area contributed by atoms with Crippen LogP contribution < -0.4 is 14.8 Å². The Bertz CT molecular complexity index is 1200. The number of rotatable bonds is 7. The lowest BCUT2D eigenvalue weighted by atomic mass is 9.87. The SMILES string of the molecule is C=CCn1c(SCC(=O)Nc2cc3c(cc2Cl)OCCO3)nnc1-c1ccc(C(C)(C)C)cc1. The van der Waals surface area contributed by atoms with E-state index >= 15 is 0 Å². The third kappa shape index (κ3) is 5.39. The maximum absolute atomic E-state index is 12.6. The van der Waals surface area contributed by atoms with E-state index in [0.29, 0.717) is 47.1 Å². The number of allylic oxidation sites excluding steroid dienone is 1. The number of benzene rings is 2. The van der Waals surface area contributed by atoms with Crippen molar-refractivity contribution in [3.05, 3.63) is 59.6 Å². The summed E-state index contributed by atoms with van der Waals surface area (Å²) in [5.41, 5.74) is 2.75. The molecule has 7 nitrogen and oxygen atoms in total. The Kier molecular flexibility index (Phi) is 7.19. The van der Waals surface area contributed by atoms with E-state index in [1.807, 2.05) is 4.57 Å². The average molecular weight is 499 g/mol. The Morgan fingerprint density at radius 2 is 1.85 bits per heavy atom. The van der Waals surface area contributed by atoms with Crippen molar-refractivity contribution < 1.29 is 14.3 Å². The molecule has 178 valence electrons. The summed E-state index contributed by atoms with van der Waals surface area (Å²) >= 11 is 7.61. The summed E-state index contributed by atoms with van der Waals surface area (Å²) < 4.78 is 13.0. The number of anilines is 1. The monoisotopic (exact) mass is 498 g/mol. The maximum atomic E-state index is 12.6. The molecule has 2 heterocycles. The molecule has 1 aliphatic heterocycles. The molecule has 0 radical (unpaired) electrons. The number of nitrogens with zero attached hydrogens (tertiary/aromatic N) is 3. The molecule has 0 bridgehead atoms. The molecule has 1 aromatic heterocycles. The molecule has 2 aromatic carbocycles. The summed E-state index contributed by atoms with van der Waals surface area (Å²) in [5, 5.41) is 12.6. The average Bonchev–Trinajstić information content (AvgIpc) is 3.20. The molecule has 34 heavy (non-hydrogen) atoms. The molecule has 3 aromatic rings. The number of fused-ring (bicyclic) bond motifs is 1. The van der Waals surface area contributed by atoms with Crippen molar-refractivity contribution in [2.45, 2.75) is 37.9 Å². The predicted molar refractivity (Wildman–Crippen MR) is 136 cm³/mol. The first-order valence-electron chi connectivity index (χ1n) is 10.9. The first-order valence-corrected chi connectivity index (χ1v) is 12.3. The molecular formula is C25H27ClN4O3S. The Morgan fingerprint density at radius 1 is 1.18 bits per heavy atom. The molecule has 4 rings (SSSR count). The number of carbonyl (C=O) groups excluding carboxylic acids is 1. The van der Waals surface area contributed by atoms with E-state index in [9.17, 15) is 4.79 Å². The summed E-state index contributed by atoms with van der Waals surface area (Å²) in [6.07, 6.45) is 1.79. The van der Waals surface area contributed by atoms with Crippen molar-refractivity contribution in [2.75, 3.05) is 24.3 Å². The van der Waals surface area contributed by atoms with Crippen LogP contribution in [0.25, 0.3) is 11.4 Å². The second kappa shape index (κ2) is 10.1. The molecule has 0 saturated carbocycles. The van der Waals surface area contributed by atoms with Crippen LogP contribution in [0.15, 0.2) is 54.2 Å². The van der Waals surface area contributed by atoms with Gasteiger partial charge >= 0.3 is 0 Å². The third-order valence-corrected chi connectivity index (χ3v) is 6.56. The number of amides is 1. The molecule has 0 spiro atoms. The van der Waals surface area contributed by atoms with Crippen molar-refractivity contribution in [3.8, 4) is 22.9 Å². The summed E-state index contributed by atoms with van der Waals surface area (Å²) in [7, 11) is 0. The highest BCUT2D eigenvalue weighted by molar-refractivity contribution is 7.99. The smallest absolute Gasteiger partial charge is 0.234 e. The molecule has 0 aliphatic carbocycles. The van der Waals surface area contributed by atoms with Gasteiger partial charge in [0.2, 0.25) is 5.91 Å². The fourth-order valence-electron chi connectivity index (χ4n) is 3.50. The van der Waals surface area contributed by atoms with Crippen LogP contribution in [0.4, 0.5) is 5.69 Å². The Labute approximate surface area is 208 Å². The maximum Gasteiger partial charge on any atom is 0.234 e. The van der Waals surface area contributed by atoms with E-state index < -0.39 is 0 Å². The van der Waals surface area contributed by atoms with Crippen LogP contribution in [-0.2, 0) is 16.8 Å². The predicted octanol–water partition coefficient (Wildman–Crippen LogP) is 5.58. The highest BCUT2D eigenvalue weighted by Crippen LogP contribution is 2.38. The number of thioether (sulfide) groups is 1. The molecule has 0 fully saturated rings. The van der Waals surface area contributed by atoms with E-state index in [1.165, 1.54) is 17.3 Å². The van der Waals surface area contributed by atoms with E-state index in [-0.39, 0.29) is 17.1 Å². The van der Waals surface area contributed by atoms with Crippen molar-refractivity contribution >= 4 is 35.0 Å². The summed E-state index contributed by atoms with van der Waals surface area (Å²) in [5.74, 6) is 1.80. The van der Waals surface area contributed by atoms with Gasteiger partial charge in [0.15, 0.2) is 22.5 Å². The largest absolute Gasteiger partial charge is 0.486 e. The van der Waals surface area contributed by atoms with Crippen LogP contribution in [0.1, 0.15) is 26.3 Å². The molecule has 1 aliphatic rings. The van der Waals surface area contributed by atoms with Gasteiger partial charge in [0, 0.05) is 24.2 Å². The van der Waals surface area contributed by atoms with Crippen LogP contribution >= 0.6 is 23.4 Å². The zero-order valence-electron chi connectivity index (χ0n) is 19.4. The van der Waals surface area contributed by atoms with E-state index in [4.69, 9.17) is 21.1 Å². The fraction of sp³-hybridized carbons (Fsp3) is 0.320. The molecule has 0 atom stereocenters. The lowest BCUT2D eigenvalue weighted by Gasteiger charge is -2.20. The van der Waals surface area contributed by atoms with Crippen molar-refractivity contribution in [1.82, 2.24) is 14.8 Å². The van der Waals surface area contributed by atoms with Crippen molar-refractivity contribution in [1.29, 1.82) is 0 Å². The van der Waals surface area contributed by atoms with Gasteiger partial charge in [0.1, 0.15) is 13.2 Å². The third-order valence-electron chi connectivity index (χ3n) is 5.28. The van der Waals surface area contributed by atoms with Gasteiger partial charge in [0.05, 0.1) is 16.5 Å². The minimum absolute atomic E-state index is 0.0712. The number of nitrogens with one attached hydrogen (secondary N) is 1. The van der Waals surface area contributed by atoms with E-state index in [1.54, 1.807) is 18.2 Å². The van der Waals surface area contributed by atoms with Gasteiger partial charge < -0.3 is 14.8 Å². The van der Waals surface area contributed by atoms with Gasteiger partial charge in [-0.2, -0.15) is 0 Å². The first-order chi connectivity index (χ1) is 16.3. The second-order valence-electron chi connectivity index (χ2n) is 8.85. The zero-order valence-corrected chi connectivity index (χ0v) is 21.0. The van der Waals surface area contributed by atoms with Gasteiger partial charge in [-0.3, -0.25) is 9.36 Å². The van der Waals surface area contributed by atoms with Crippen LogP contribution in [-0.4, -0.2) is 39.6 Å². The molecule has 1 N–H and O–H groups in total. The van der Waals surface area contributed by atoms with Crippen molar-refractivity contribution in [3.63, 3.8) is 0 Å². The van der Waals surface area contributed by atoms with E-state index in [0.717, 1.165) is 11.4 Å². The summed E-state index contributed by atoms with van der Waals surface area (Å²) in [6.45, 7) is 11.9. The van der Waals surface area contributed by atoms with Crippen LogP contribution in [0.5, 0.6) is 11.5 Å². The number of hydrogen-bond donors (Lipinski definition) is 1. The quantitative estimate of drug-likeness (QED) is 0.338. The molecular weight excluding hydrogens is 472 g/mol. The van der Waals surface area contributed by atoms with Crippen LogP contribution in [0, 0.1) is 0 Å². The number of halogens is 1. The number of carbonyl (C=O) groups is 1. The zero-order chi connectivity index (χ0) is 24.3. The molecule has 0 unspecified atom stereocenters. The van der Waals surface area contributed by atoms with Gasteiger partial charge in [-0.25, -0.2) is 0 Å². The number of hydrogen-bond acceptors (Lipinski definition) is 6. The van der Waals surface area contributed by atoms with Crippen LogP contribution in [0.3, 0.4) is 0 Å². The minimum Gasteiger partial charge on any atom is -0.486 e. The van der Waals surface area contributed by atoms with Gasteiger partial charge in [-0.15, -0.1) is 16.8 Å². The van der Waals surface area contributed by atoms with Gasteiger partial charge in [0.25, 0.3) is 0 Å². The lowest BCUT2D eigenvalue weighted by Crippen LogP contribution is -2.17. The summed E-state index contributed by atoms with van der Waals surface area (Å²) in [4.78, 5) is 12.6. The van der Waals surface area contributed by atoms with Crippen LogP contribution in [0.2, 0.25) is 5.02 Å². The Hall–Kier alpha value is -2.97.